The summed E-state index contributed by atoms with van der Waals surface area (Å²) < 4.78 is 4.59. The van der Waals surface area contributed by atoms with Gasteiger partial charge in [0.25, 0.3) is 0 Å². The minimum Gasteiger partial charge on any atom is -0.469 e. The molecule has 0 bridgehead atoms. The van der Waals surface area contributed by atoms with Crippen molar-refractivity contribution in [3.05, 3.63) is 0 Å². The number of hydrogen-bond acceptors (Lipinski definition) is 3. The van der Waals surface area contributed by atoms with Gasteiger partial charge in [0.15, 0.2) is 0 Å². The Morgan fingerprint density at radius 3 is 2.73 bits per heavy atom. The molecule has 0 aliphatic heterocycles. The minimum absolute atomic E-state index is 0.0385. The maximum absolute atomic E-state index is 10.9. The van der Waals surface area contributed by atoms with Crippen LogP contribution < -0.4 is 0 Å². The molecule has 0 aromatic carbocycles. The molecule has 0 fully saturated rings. The molecule has 0 radical (unpaired) electrons. The summed E-state index contributed by atoms with van der Waals surface area (Å²) in [4.78, 5) is 10.9. The molecule has 66 valence electrons. The Balaban J connectivity index is 3.36. The zero-order valence-electron chi connectivity index (χ0n) is 7.42. The first kappa shape index (κ1) is 10.8. The second-order valence-corrected chi connectivity index (χ2v) is 3.65. The van der Waals surface area contributed by atoms with Gasteiger partial charge in [0.1, 0.15) is 0 Å². The van der Waals surface area contributed by atoms with Gasteiger partial charge in [0.05, 0.1) is 13.0 Å². The Kier molecular flexibility index (Phi) is 6.42. The number of hydrogen-bond donors (Lipinski definition) is 0. The molecule has 0 amide bonds. The Hall–Kier alpha value is -0.180. The number of ether oxygens (including phenoxy) is 1. The average Bonchev–Trinajstić information content (AvgIpc) is 2.03. The van der Waals surface area contributed by atoms with Gasteiger partial charge in [-0.05, 0) is 12.2 Å². The van der Waals surface area contributed by atoms with E-state index in [1.807, 2.05) is 6.92 Å². The largest absolute Gasteiger partial charge is 0.469 e. The van der Waals surface area contributed by atoms with Crippen molar-refractivity contribution in [1.29, 1.82) is 0 Å². The van der Waals surface area contributed by atoms with Gasteiger partial charge >= 0.3 is 5.97 Å². The van der Waals surface area contributed by atoms with E-state index in [2.05, 4.69) is 11.7 Å². The van der Waals surface area contributed by atoms with E-state index in [9.17, 15) is 4.79 Å². The molecule has 0 unspecified atom stereocenters. The number of rotatable bonds is 5. The summed E-state index contributed by atoms with van der Waals surface area (Å²) in [6.07, 6.45) is 1.17. The van der Waals surface area contributed by atoms with Gasteiger partial charge in [0, 0.05) is 5.75 Å². The monoisotopic (exact) mass is 176 g/mol. The molecular weight excluding hydrogens is 160 g/mol. The van der Waals surface area contributed by atoms with Crippen molar-refractivity contribution in [2.75, 3.05) is 18.6 Å². The van der Waals surface area contributed by atoms with Crippen molar-refractivity contribution in [3.63, 3.8) is 0 Å². The van der Waals surface area contributed by atoms with Gasteiger partial charge in [0.2, 0.25) is 0 Å². The fraction of sp³-hybridized carbons (Fsp3) is 0.875. The van der Waals surface area contributed by atoms with Gasteiger partial charge in [-0.25, -0.2) is 0 Å². The fourth-order valence-electron chi connectivity index (χ4n) is 0.674. The maximum atomic E-state index is 10.9. The van der Waals surface area contributed by atoms with Crippen molar-refractivity contribution in [1.82, 2.24) is 0 Å². The number of esters is 1. The number of carbonyl (C=O) groups excluding carboxylic acids is 1. The van der Waals surface area contributed by atoms with E-state index in [1.54, 1.807) is 11.8 Å². The lowest BCUT2D eigenvalue weighted by atomic mass is 10.2. The molecule has 0 rings (SSSR count). The molecule has 0 heterocycles. The molecule has 0 aromatic rings. The van der Waals surface area contributed by atoms with Crippen LogP contribution >= 0.6 is 11.8 Å². The topological polar surface area (TPSA) is 26.3 Å². The summed E-state index contributed by atoms with van der Waals surface area (Å²) in [6, 6.07) is 0. The van der Waals surface area contributed by atoms with E-state index < -0.39 is 0 Å². The molecule has 0 saturated carbocycles. The molecule has 11 heavy (non-hydrogen) atoms. The molecule has 0 spiro atoms. The molecular formula is C8H16O2S. The van der Waals surface area contributed by atoms with Crippen molar-refractivity contribution in [2.24, 2.45) is 5.92 Å². The normalized spacial score (nSPS) is 12.6. The van der Waals surface area contributed by atoms with E-state index in [1.165, 1.54) is 13.5 Å². The first-order chi connectivity index (χ1) is 5.22. The smallest absolute Gasteiger partial charge is 0.309 e. The Labute approximate surface area is 72.7 Å². The highest BCUT2D eigenvalue weighted by atomic mass is 32.2. The summed E-state index contributed by atoms with van der Waals surface area (Å²) >= 11 is 1.80. The molecule has 1 atom stereocenters. The zero-order valence-corrected chi connectivity index (χ0v) is 8.24. The number of thioether (sulfide) groups is 1. The lowest BCUT2D eigenvalue weighted by Crippen LogP contribution is -2.14. The fourth-order valence-corrected chi connectivity index (χ4v) is 1.62. The summed E-state index contributed by atoms with van der Waals surface area (Å²) in [5.74, 6) is 1.94. The summed E-state index contributed by atoms with van der Waals surface area (Å²) in [7, 11) is 1.43. The summed E-state index contributed by atoms with van der Waals surface area (Å²) in [5, 5.41) is 0. The highest BCUT2D eigenvalue weighted by Gasteiger charge is 2.11. The molecule has 0 aliphatic carbocycles. The van der Waals surface area contributed by atoms with Gasteiger partial charge in [-0.1, -0.05) is 13.8 Å². The summed E-state index contributed by atoms with van der Waals surface area (Å²) in [5.41, 5.74) is 0. The number of methoxy groups -OCH3 is 1. The first-order valence-corrected chi connectivity index (χ1v) is 5.03. The third kappa shape index (κ3) is 5.13. The standard InChI is InChI=1S/C8H16O2S/c1-4-5-11-6-7(2)8(9)10-3/h7H,4-6H2,1-3H3/t7-/m0/s1. The molecule has 2 nitrogen and oxygen atoms in total. The molecule has 3 heteroatoms. The summed E-state index contributed by atoms with van der Waals surface area (Å²) in [6.45, 7) is 4.03. The predicted octanol–water partition coefficient (Wildman–Crippen LogP) is 1.94. The van der Waals surface area contributed by atoms with Crippen LogP contribution in [0.5, 0.6) is 0 Å². The third-order valence-corrected chi connectivity index (χ3v) is 2.75. The Morgan fingerprint density at radius 2 is 2.27 bits per heavy atom. The van der Waals surface area contributed by atoms with E-state index in [0.29, 0.717) is 0 Å². The van der Waals surface area contributed by atoms with Gasteiger partial charge in [-0.3, -0.25) is 4.79 Å². The van der Waals surface area contributed by atoms with Crippen molar-refractivity contribution >= 4 is 17.7 Å². The van der Waals surface area contributed by atoms with Crippen LogP contribution in [0.4, 0.5) is 0 Å². The van der Waals surface area contributed by atoms with E-state index in [-0.39, 0.29) is 11.9 Å². The van der Waals surface area contributed by atoms with Crippen LogP contribution in [0.15, 0.2) is 0 Å². The highest BCUT2D eigenvalue weighted by molar-refractivity contribution is 7.99. The van der Waals surface area contributed by atoms with E-state index in [4.69, 9.17) is 0 Å². The van der Waals surface area contributed by atoms with Crippen LogP contribution in [0.3, 0.4) is 0 Å². The van der Waals surface area contributed by atoms with Crippen molar-refractivity contribution in [2.45, 2.75) is 20.3 Å². The van der Waals surface area contributed by atoms with Crippen molar-refractivity contribution in [3.8, 4) is 0 Å². The van der Waals surface area contributed by atoms with E-state index >= 15 is 0 Å². The van der Waals surface area contributed by atoms with Crippen LogP contribution in [-0.2, 0) is 9.53 Å². The Morgan fingerprint density at radius 1 is 1.64 bits per heavy atom. The van der Waals surface area contributed by atoms with E-state index in [0.717, 1.165) is 11.5 Å². The molecule has 0 aromatic heterocycles. The quantitative estimate of drug-likeness (QED) is 0.473. The van der Waals surface area contributed by atoms with Crippen LogP contribution in [0, 0.1) is 5.92 Å². The lowest BCUT2D eigenvalue weighted by Gasteiger charge is -2.07. The van der Waals surface area contributed by atoms with Crippen LogP contribution in [-0.4, -0.2) is 24.6 Å². The second-order valence-electron chi connectivity index (χ2n) is 2.50. The molecule has 0 N–H and O–H groups in total. The van der Waals surface area contributed by atoms with Gasteiger partial charge in [-0.15, -0.1) is 0 Å². The second kappa shape index (κ2) is 6.53. The average molecular weight is 176 g/mol. The SMILES string of the molecule is CCCSC[C@H](C)C(=O)OC. The third-order valence-electron chi connectivity index (χ3n) is 1.32. The van der Waals surface area contributed by atoms with Crippen LogP contribution in [0.2, 0.25) is 0 Å². The maximum Gasteiger partial charge on any atom is 0.309 e. The van der Waals surface area contributed by atoms with Crippen LogP contribution in [0.25, 0.3) is 0 Å². The van der Waals surface area contributed by atoms with Crippen LogP contribution in [0.1, 0.15) is 20.3 Å². The predicted molar refractivity (Wildman–Crippen MR) is 48.8 cm³/mol. The molecule has 0 saturated heterocycles. The first-order valence-electron chi connectivity index (χ1n) is 3.88. The minimum atomic E-state index is -0.103. The van der Waals surface area contributed by atoms with Gasteiger partial charge in [-0.2, -0.15) is 11.8 Å². The lowest BCUT2D eigenvalue weighted by molar-refractivity contribution is -0.143. The Bertz CT molecular complexity index is 115. The highest BCUT2D eigenvalue weighted by Crippen LogP contribution is 2.10. The molecule has 0 aliphatic rings. The number of carbonyl (C=O) groups is 1. The zero-order chi connectivity index (χ0) is 8.69. The van der Waals surface area contributed by atoms with Crippen molar-refractivity contribution < 1.29 is 9.53 Å². The van der Waals surface area contributed by atoms with Gasteiger partial charge < -0.3 is 4.74 Å².